The topological polar surface area (TPSA) is 38.7 Å². The summed E-state index contributed by atoms with van der Waals surface area (Å²) in [5.74, 6) is 1.69. The molecule has 19 heavy (non-hydrogen) atoms. The fraction of sp³-hybridized carbons (Fsp3) is 0.250. The maximum absolute atomic E-state index is 10.1. The first-order valence-corrected chi connectivity index (χ1v) is 6.10. The number of aryl methyl sites for hydroxylation is 1. The van der Waals surface area contributed by atoms with Gasteiger partial charge < -0.3 is 14.6 Å². The Labute approximate surface area is 113 Å². The molecule has 0 aliphatic rings. The van der Waals surface area contributed by atoms with Crippen molar-refractivity contribution in [1.82, 2.24) is 0 Å². The van der Waals surface area contributed by atoms with E-state index < -0.39 is 0 Å². The third-order valence-corrected chi connectivity index (χ3v) is 3.37. The second-order valence-electron chi connectivity index (χ2n) is 4.47. The Balaban J connectivity index is 2.68. The fourth-order valence-electron chi connectivity index (χ4n) is 2.12. The Bertz CT molecular complexity index is 603. The molecule has 0 radical (unpaired) electrons. The van der Waals surface area contributed by atoms with Crippen molar-refractivity contribution in [3.8, 4) is 28.4 Å². The number of benzene rings is 2. The molecule has 2 rings (SSSR count). The predicted octanol–water partition coefficient (Wildman–Crippen LogP) is 3.69. The van der Waals surface area contributed by atoms with Gasteiger partial charge in [-0.15, -0.1) is 0 Å². The van der Waals surface area contributed by atoms with E-state index >= 15 is 0 Å². The van der Waals surface area contributed by atoms with Crippen molar-refractivity contribution in [2.75, 3.05) is 14.2 Å². The van der Waals surface area contributed by atoms with E-state index in [2.05, 4.69) is 0 Å². The molecule has 1 N–H and O–H groups in total. The van der Waals surface area contributed by atoms with Crippen LogP contribution in [0.5, 0.6) is 17.2 Å². The van der Waals surface area contributed by atoms with Gasteiger partial charge in [0.15, 0.2) is 0 Å². The number of ether oxygens (including phenoxy) is 2. The summed E-state index contributed by atoms with van der Waals surface area (Å²) in [5, 5.41) is 10.1. The number of hydrogen-bond acceptors (Lipinski definition) is 3. The van der Waals surface area contributed by atoms with Crippen LogP contribution in [0.15, 0.2) is 30.3 Å². The van der Waals surface area contributed by atoms with Crippen LogP contribution in [0.25, 0.3) is 11.1 Å². The third-order valence-electron chi connectivity index (χ3n) is 3.37. The maximum Gasteiger partial charge on any atom is 0.129 e. The lowest BCUT2D eigenvalue weighted by molar-refractivity contribution is 0.409. The summed E-state index contributed by atoms with van der Waals surface area (Å²) in [4.78, 5) is 0. The molecule has 0 spiro atoms. The van der Waals surface area contributed by atoms with E-state index in [4.69, 9.17) is 9.47 Å². The predicted molar refractivity (Wildman–Crippen MR) is 76.1 cm³/mol. The van der Waals surface area contributed by atoms with Gasteiger partial charge >= 0.3 is 0 Å². The Morgan fingerprint density at radius 2 is 1.63 bits per heavy atom. The lowest BCUT2D eigenvalue weighted by Crippen LogP contribution is -1.94. The van der Waals surface area contributed by atoms with E-state index in [1.165, 1.54) is 0 Å². The van der Waals surface area contributed by atoms with E-state index in [-0.39, 0.29) is 5.75 Å². The summed E-state index contributed by atoms with van der Waals surface area (Å²) in [6.07, 6.45) is 0. The molecular formula is C16H18O3. The highest BCUT2D eigenvalue weighted by Crippen LogP contribution is 2.40. The van der Waals surface area contributed by atoms with Crippen LogP contribution < -0.4 is 9.47 Å². The summed E-state index contributed by atoms with van der Waals surface area (Å²) in [5.41, 5.74) is 3.80. The lowest BCUT2D eigenvalue weighted by atomic mass is 9.98. The molecule has 2 aromatic rings. The SMILES string of the molecule is COc1ccc(O)c(-c2ccc(C)c(C)c2OC)c1. The van der Waals surface area contributed by atoms with Gasteiger partial charge in [-0.25, -0.2) is 0 Å². The van der Waals surface area contributed by atoms with Crippen molar-refractivity contribution in [1.29, 1.82) is 0 Å². The lowest BCUT2D eigenvalue weighted by Gasteiger charge is -2.15. The fourth-order valence-corrected chi connectivity index (χ4v) is 2.12. The summed E-state index contributed by atoms with van der Waals surface area (Å²) in [6, 6.07) is 9.14. The minimum atomic E-state index is 0.211. The van der Waals surface area contributed by atoms with Crippen molar-refractivity contribution in [3.05, 3.63) is 41.5 Å². The van der Waals surface area contributed by atoms with Crippen LogP contribution >= 0.6 is 0 Å². The number of aromatic hydroxyl groups is 1. The van der Waals surface area contributed by atoms with Gasteiger partial charge in [-0.05, 0) is 43.2 Å². The first-order chi connectivity index (χ1) is 9.08. The monoisotopic (exact) mass is 258 g/mol. The number of methoxy groups -OCH3 is 2. The first-order valence-electron chi connectivity index (χ1n) is 6.10. The Morgan fingerprint density at radius 3 is 2.26 bits per heavy atom. The van der Waals surface area contributed by atoms with Crippen molar-refractivity contribution < 1.29 is 14.6 Å². The van der Waals surface area contributed by atoms with Gasteiger partial charge in [0.2, 0.25) is 0 Å². The quantitative estimate of drug-likeness (QED) is 0.912. The molecule has 0 fully saturated rings. The molecule has 0 bridgehead atoms. The standard InChI is InChI=1S/C16H18O3/c1-10-5-7-13(16(19-4)11(10)2)14-9-12(18-3)6-8-15(14)17/h5-9,17H,1-4H3. The Morgan fingerprint density at radius 1 is 0.895 bits per heavy atom. The van der Waals surface area contributed by atoms with Crippen LogP contribution in [0.3, 0.4) is 0 Å². The van der Waals surface area contributed by atoms with Crippen LogP contribution in [0.1, 0.15) is 11.1 Å². The van der Waals surface area contributed by atoms with Crippen molar-refractivity contribution in [2.24, 2.45) is 0 Å². The Hall–Kier alpha value is -2.16. The van der Waals surface area contributed by atoms with Gasteiger partial charge in [0, 0.05) is 11.1 Å². The van der Waals surface area contributed by atoms with E-state index in [0.717, 1.165) is 22.4 Å². The molecule has 2 aromatic carbocycles. The van der Waals surface area contributed by atoms with Gasteiger partial charge in [-0.1, -0.05) is 12.1 Å². The molecule has 0 aromatic heterocycles. The zero-order valence-electron chi connectivity index (χ0n) is 11.7. The average molecular weight is 258 g/mol. The highest BCUT2D eigenvalue weighted by atomic mass is 16.5. The van der Waals surface area contributed by atoms with Crippen LogP contribution in [0, 0.1) is 13.8 Å². The van der Waals surface area contributed by atoms with Crippen LogP contribution in [0.2, 0.25) is 0 Å². The van der Waals surface area contributed by atoms with Crippen molar-refractivity contribution in [3.63, 3.8) is 0 Å². The second-order valence-corrected chi connectivity index (χ2v) is 4.47. The number of rotatable bonds is 3. The zero-order valence-corrected chi connectivity index (χ0v) is 11.7. The van der Waals surface area contributed by atoms with Gasteiger partial charge in [-0.2, -0.15) is 0 Å². The smallest absolute Gasteiger partial charge is 0.129 e. The highest BCUT2D eigenvalue weighted by Gasteiger charge is 2.14. The molecule has 0 unspecified atom stereocenters. The Kier molecular flexibility index (Phi) is 3.65. The van der Waals surface area contributed by atoms with Crippen molar-refractivity contribution >= 4 is 0 Å². The molecule has 0 aliphatic carbocycles. The summed E-state index contributed by atoms with van der Waals surface area (Å²) >= 11 is 0. The first kappa shape index (κ1) is 13.3. The van der Waals surface area contributed by atoms with Gasteiger partial charge in [0.1, 0.15) is 17.2 Å². The molecular weight excluding hydrogens is 240 g/mol. The molecule has 0 saturated heterocycles. The number of phenols is 1. The summed E-state index contributed by atoms with van der Waals surface area (Å²) in [6.45, 7) is 4.04. The van der Waals surface area contributed by atoms with Crippen LogP contribution in [-0.4, -0.2) is 19.3 Å². The molecule has 0 saturated carbocycles. The van der Waals surface area contributed by atoms with E-state index in [1.54, 1.807) is 26.4 Å². The minimum Gasteiger partial charge on any atom is -0.507 e. The molecule has 3 nitrogen and oxygen atoms in total. The van der Waals surface area contributed by atoms with E-state index in [1.807, 2.05) is 32.0 Å². The summed E-state index contributed by atoms with van der Waals surface area (Å²) < 4.78 is 10.7. The molecule has 3 heteroatoms. The van der Waals surface area contributed by atoms with Crippen LogP contribution in [0.4, 0.5) is 0 Å². The largest absolute Gasteiger partial charge is 0.507 e. The van der Waals surface area contributed by atoms with Gasteiger partial charge in [-0.3, -0.25) is 0 Å². The molecule has 0 atom stereocenters. The van der Waals surface area contributed by atoms with E-state index in [0.29, 0.717) is 11.3 Å². The normalized spacial score (nSPS) is 10.3. The van der Waals surface area contributed by atoms with Gasteiger partial charge in [0.05, 0.1) is 14.2 Å². The maximum atomic E-state index is 10.1. The molecule has 0 amide bonds. The summed E-state index contributed by atoms with van der Waals surface area (Å²) in [7, 11) is 3.25. The molecule has 0 heterocycles. The molecule has 0 aliphatic heterocycles. The van der Waals surface area contributed by atoms with Gasteiger partial charge in [0.25, 0.3) is 0 Å². The second kappa shape index (κ2) is 5.22. The average Bonchev–Trinajstić information content (AvgIpc) is 2.42. The number of phenolic OH excluding ortho intramolecular Hbond substituents is 1. The third kappa shape index (κ3) is 2.36. The van der Waals surface area contributed by atoms with E-state index in [9.17, 15) is 5.11 Å². The minimum absolute atomic E-state index is 0.211. The zero-order chi connectivity index (χ0) is 14.0. The van der Waals surface area contributed by atoms with Crippen molar-refractivity contribution in [2.45, 2.75) is 13.8 Å². The number of hydrogen-bond donors (Lipinski definition) is 1. The molecule has 100 valence electrons. The highest BCUT2D eigenvalue weighted by molar-refractivity contribution is 5.78. The van der Waals surface area contributed by atoms with Crippen LogP contribution in [-0.2, 0) is 0 Å².